The minimum Gasteiger partial charge on any atom is -0.341 e. The van der Waals surface area contributed by atoms with E-state index in [0.29, 0.717) is 29.1 Å². The van der Waals surface area contributed by atoms with Crippen molar-refractivity contribution in [2.75, 3.05) is 0 Å². The van der Waals surface area contributed by atoms with Crippen LogP contribution >= 0.6 is 11.8 Å². The van der Waals surface area contributed by atoms with Gasteiger partial charge in [0, 0.05) is 40.9 Å². The van der Waals surface area contributed by atoms with Crippen LogP contribution in [0.5, 0.6) is 0 Å². The molecule has 43 heavy (non-hydrogen) atoms. The van der Waals surface area contributed by atoms with Gasteiger partial charge in [0.25, 0.3) is 22.5 Å². The molecule has 3 aromatic carbocycles. The van der Waals surface area contributed by atoms with Crippen molar-refractivity contribution in [3.05, 3.63) is 127 Å². The zero-order valence-electron chi connectivity index (χ0n) is 22.5. The largest absolute Gasteiger partial charge is 0.341 e. The summed E-state index contributed by atoms with van der Waals surface area (Å²) < 4.78 is 3.46. The van der Waals surface area contributed by atoms with Crippen LogP contribution < -0.4 is 0 Å². The molecule has 3 heterocycles. The van der Waals surface area contributed by atoms with Crippen LogP contribution in [0.3, 0.4) is 0 Å². The Kier molecular flexibility index (Phi) is 7.03. The normalized spacial score (nSPS) is 14.3. The fourth-order valence-electron chi connectivity index (χ4n) is 4.92. The molecule has 1 saturated heterocycles. The van der Waals surface area contributed by atoms with Gasteiger partial charge in [0.15, 0.2) is 0 Å². The van der Waals surface area contributed by atoms with Gasteiger partial charge < -0.3 is 4.57 Å². The van der Waals surface area contributed by atoms with E-state index in [2.05, 4.69) is 10.3 Å². The topological polar surface area (TPSA) is 159 Å². The van der Waals surface area contributed by atoms with Crippen LogP contribution in [-0.2, 0) is 17.9 Å². The van der Waals surface area contributed by atoms with Gasteiger partial charge in [-0.1, -0.05) is 41.6 Å². The number of nitro benzene ring substituents is 2. The SMILES string of the molecule is Cc1c(-n2cc(Cn3cc(/C=C4\SC(=O)N(Cc5ccc([N+](=O)[O-])cc5)C4=O)c4ccccc43)nn2)cccc1[N+](=O)[O-]. The maximum absolute atomic E-state index is 13.2. The molecule has 0 saturated carbocycles. The lowest BCUT2D eigenvalue weighted by Gasteiger charge is -2.12. The van der Waals surface area contributed by atoms with Crippen LogP contribution in [-0.4, -0.2) is 45.5 Å². The van der Waals surface area contributed by atoms with E-state index in [0.717, 1.165) is 33.1 Å². The van der Waals surface area contributed by atoms with Gasteiger partial charge in [-0.25, -0.2) is 4.68 Å². The van der Waals surface area contributed by atoms with Gasteiger partial charge in [0.2, 0.25) is 0 Å². The van der Waals surface area contributed by atoms with Crippen molar-refractivity contribution in [3.63, 3.8) is 0 Å². The van der Waals surface area contributed by atoms with Crippen molar-refractivity contribution in [2.45, 2.75) is 20.0 Å². The average molecular weight is 596 g/mol. The molecule has 14 heteroatoms. The van der Waals surface area contributed by atoms with Gasteiger partial charge in [-0.3, -0.25) is 34.7 Å². The number of benzene rings is 3. The van der Waals surface area contributed by atoms with Crippen LogP contribution in [0.15, 0.2) is 84.0 Å². The molecule has 13 nitrogen and oxygen atoms in total. The first-order chi connectivity index (χ1) is 20.7. The molecule has 0 aliphatic carbocycles. The molecule has 0 atom stereocenters. The number of hydrogen-bond acceptors (Lipinski definition) is 9. The van der Waals surface area contributed by atoms with Gasteiger partial charge in [0.1, 0.15) is 5.69 Å². The predicted octanol–water partition coefficient (Wildman–Crippen LogP) is 5.63. The van der Waals surface area contributed by atoms with E-state index in [1.165, 1.54) is 35.0 Å². The number of carbonyl (C=O) groups is 2. The second-order valence-electron chi connectivity index (χ2n) is 9.75. The minimum absolute atomic E-state index is 0.00145. The fraction of sp³-hybridized carbons (Fsp3) is 0.103. The van der Waals surface area contributed by atoms with E-state index >= 15 is 0 Å². The van der Waals surface area contributed by atoms with Gasteiger partial charge >= 0.3 is 0 Å². The van der Waals surface area contributed by atoms with Crippen molar-refractivity contribution in [1.82, 2.24) is 24.5 Å². The highest BCUT2D eigenvalue weighted by Crippen LogP contribution is 2.35. The Morgan fingerprint density at radius 2 is 1.67 bits per heavy atom. The van der Waals surface area contributed by atoms with Crippen molar-refractivity contribution in [1.29, 1.82) is 0 Å². The maximum atomic E-state index is 13.2. The Bertz CT molecular complexity index is 1980. The summed E-state index contributed by atoms with van der Waals surface area (Å²) in [5, 5.41) is 31.2. The quantitative estimate of drug-likeness (QED) is 0.126. The third-order valence-electron chi connectivity index (χ3n) is 7.06. The zero-order valence-corrected chi connectivity index (χ0v) is 23.3. The fourth-order valence-corrected chi connectivity index (χ4v) is 5.75. The molecule has 0 N–H and O–H groups in total. The number of non-ortho nitro benzene ring substituents is 1. The summed E-state index contributed by atoms with van der Waals surface area (Å²) in [7, 11) is 0. The molecule has 0 spiro atoms. The molecular weight excluding hydrogens is 574 g/mol. The lowest BCUT2D eigenvalue weighted by atomic mass is 10.1. The van der Waals surface area contributed by atoms with Gasteiger partial charge in [0.05, 0.1) is 45.3 Å². The summed E-state index contributed by atoms with van der Waals surface area (Å²) >= 11 is 0.839. The molecule has 214 valence electrons. The molecule has 1 aliphatic rings. The van der Waals surface area contributed by atoms with Crippen LogP contribution in [0.1, 0.15) is 22.4 Å². The number of rotatable bonds is 8. The van der Waals surface area contributed by atoms with E-state index in [-0.39, 0.29) is 22.8 Å². The number of nitro groups is 2. The molecule has 5 aromatic rings. The molecule has 0 radical (unpaired) electrons. The van der Waals surface area contributed by atoms with Crippen LogP contribution in [0.25, 0.3) is 22.7 Å². The standard InChI is InChI=1S/C29H21N7O6S/c1-18-24(7-4-8-25(18)36(41)42)34-17-21(30-31-34)16-32-15-20(23-5-2-3-6-26(23)32)13-27-28(37)33(29(38)43-27)14-19-9-11-22(12-10-19)35(39)40/h2-13,15,17H,14,16H2,1H3/b27-13-. The summed E-state index contributed by atoms with van der Waals surface area (Å²) in [6.07, 6.45) is 5.26. The Labute approximate surface area is 247 Å². The highest BCUT2D eigenvalue weighted by atomic mass is 32.2. The van der Waals surface area contributed by atoms with Crippen molar-refractivity contribution in [3.8, 4) is 5.69 Å². The Morgan fingerprint density at radius 1 is 0.907 bits per heavy atom. The monoisotopic (exact) mass is 595 g/mol. The summed E-state index contributed by atoms with van der Waals surface area (Å²) in [5.41, 5.74) is 3.76. The van der Waals surface area contributed by atoms with Crippen molar-refractivity contribution >= 4 is 51.3 Å². The molecule has 1 fully saturated rings. The van der Waals surface area contributed by atoms with Crippen LogP contribution in [0.4, 0.5) is 16.2 Å². The molecule has 6 rings (SSSR count). The molecule has 1 aliphatic heterocycles. The number of hydrogen-bond donors (Lipinski definition) is 0. The smallest absolute Gasteiger partial charge is 0.293 e. The average Bonchev–Trinajstić information content (AvgIpc) is 3.67. The van der Waals surface area contributed by atoms with Gasteiger partial charge in [-0.15, -0.1) is 5.10 Å². The zero-order chi connectivity index (χ0) is 30.2. The minimum atomic E-state index is -0.510. The molecular formula is C29H21N7O6S. The summed E-state index contributed by atoms with van der Waals surface area (Å²) in [6.45, 7) is 2.00. The number of para-hydroxylation sites is 1. The molecule has 2 aromatic heterocycles. The lowest BCUT2D eigenvalue weighted by Crippen LogP contribution is -2.27. The highest BCUT2D eigenvalue weighted by Gasteiger charge is 2.35. The predicted molar refractivity (Wildman–Crippen MR) is 158 cm³/mol. The molecule has 2 amide bonds. The summed E-state index contributed by atoms with van der Waals surface area (Å²) in [6, 6.07) is 18.1. The second kappa shape index (κ2) is 11.0. The van der Waals surface area contributed by atoms with Gasteiger partial charge in [-0.2, -0.15) is 0 Å². The maximum Gasteiger partial charge on any atom is 0.293 e. The third-order valence-corrected chi connectivity index (χ3v) is 7.97. The highest BCUT2D eigenvalue weighted by molar-refractivity contribution is 8.18. The summed E-state index contributed by atoms with van der Waals surface area (Å²) in [5.74, 6) is -0.444. The molecule has 0 unspecified atom stereocenters. The van der Waals surface area contributed by atoms with Crippen LogP contribution in [0.2, 0.25) is 0 Å². The molecule has 0 bridgehead atoms. The van der Waals surface area contributed by atoms with Crippen LogP contribution in [0, 0.1) is 27.2 Å². The van der Waals surface area contributed by atoms with Crippen molar-refractivity contribution < 1.29 is 19.4 Å². The van der Waals surface area contributed by atoms with E-state index < -0.39 is 21.0 Å². The number of fused-ring (bicyclic) bond motifs is 1. The second-order valence-corrected chi connectivity index (χ2v) is 10.7. The van der Waals surface area contributed by atoms with E-state index in [1.54, 1.807) is 31.3 Å². The Hall–Kier alpha value is -5.63. The number of nitrogens with zero attached hydrogens (tertiary/aromatic N) is 7. The Morgan fingerprint density at radius 3 is 2.42 bits per heavy atom. The van der Waals surface area contributed by atoms with E-state index in [4.69, 9.17) is 0 Å². The van der Waals surface area contributed by atoms with Gasteiger partial charge in [-0.05, 0) is 42.5 Å². The first-order valence-corrected chi connectivity index (χ1v) is 13.7. The van der Waals surface area contributed by atoms with Crippen molar-refractivity contribution in [2.24, 2.45) is 0 Å². The third kappa shape index (κ3) is 5.26. The van der Waals surface area contributed by atoms with E-state index in [1.807, 2.05) is 35.0 Å². The number of amides is 2. The number of carbonyl (C=O) groups excluding carboxylic acids is 2. The Balaban J connectivity index is 1.26. The number of aromatic nitrogens is 4. The first-order valence-electron chi connectivity index (χ1n) is 12.9. The first kappa shape index (κ1) is 27.5. The number of thioether (sulfide) groups is 1. The van der Waals surface area contributed by atoms with E-state index in [9.17, 15) is 29.8 Å². The lowest BCUT2D eigenvalue weighted by molar-refractivity contribution is -0.385. The summed E-state index contributed by atoms with van der Waals surface area (Å²) in [4.78, 5) is 48.7. The number of imide groups is 1.